The summed E-state index contributed by atoms with van der Waals surface area (Å²) in [5, 5.41) is 0. The van der Waals surface area contributed by atoms with Gasteiger partial charge in [-0.05, 0) is 6.92 Å². The van der Waals surface area contributed by atoms with Crippen molar-refractivity contribution in [3.05, 3.63) is 0 Å². The molecule has 0 spiro atoms. The summed E-state index contributed by atoms with van der Waals surface area (Å²) < 4.78 is 4.59. The largest absolute Gasteiger partial charge is 0.565 e. The van der Waals surface area contributed by atoms with E-state index in [2.05, 4.69) is 4.74 Å². The number of hydrogen-bond acceptors (Lipinski definition) is 2. The van der Waals surface area contributed by atoms with Gasteiger partial charge in [0.05, 0.1) is 6.61 Å². The van der Waals surface area contributed by atoms with E-state index in [9.17, 15) is 4.79 Å². The minimum absolute atomic E-state index is 0.285. The van der Waals surface area contributed by atoms with E-state index in [1.54, 1.807) is 21.0 Å². The maximum atomic E-state index is 10.4. The standard InChI is InChI=1S/C5H11NO2/c1-4-8-5(7)6(2)3/h4H2,1-3H3/q+1. The average molecular weight is 117 g/mol. The molecule has 1 radical (unpaired) electrons. The molecule has 0 fully saturated rings. The van der Waals surface area contributed by atoms with Crippen LogP contribution in [0.3, 0.4) is 0 Å². The van der Waals surface area contributed by atoms with Gasteiger partial charge in [-0.3, -0.25) is 0 Å². The highest BCUT2D eigenvalue weighted by molar-refractivity contribution is 5.69. The van der Waals surface area contributed by atoms with E-state index in [1.165, 1.54) is 4.90 Å². The lowest BCUT2D eigenvalue weighted by molar-refractivity contribution is 0.141. The molecule has 0 N–H and O–H groups in total. The Kier molecular flexibility index (Phi) is 3.19. The highest BCUT2D eigenvalue weighted by Gasteiger charge is 2.14. The predicted molar refractivity (Wildman–Crippen MR) is 31.0 cm³/mol. The van der Waals surface area contributed by atoms with E-state index in [-0.39, 0.29) is 6.09 Å². The lowest BCUT2D eigenvalue weighted by Crippen LogP contribution is -2.28. The van der Waals surface area contributed by atoms with E-state index in [4.69, 9.17) is 0 Å². The van der Waals surface area contributed by atoms with E-state index >= 15 is 0 Å². The lowest BCUT2D eigenvalue weighted by atomic mass is 10.8. The highest BCUT2D eigenvalue weighted by atomic mass is 16.5. The number of carbonyl (C=O) groups is 1. The van der Waals surface area contributed by atoms with E-state index < -0.39 is 0 Å². The van der Waals surface area contributed by atoms with E-state index in [1.807, 2.05) is 0 Å². The van der Waals surface area contributed by atoms with Crippen LogP contribution in [-0.4, -0.2) is 26.8 Å². The van der Waals surface area contributed by atoms with Crippen LogP contribution in [0.2, 0.25) is 0 Å². The van der Waals surface area contributed by atoms with Crippen LogP contribution in [0.15, 0.2) is 0 Å². The van der Waals surface area contributed by atoms with Crippen LogP contribution in [0.1, 0.15) is 6.92 Å². The van der Waals surface area contributed by atoms with E-state index in [0.29, 0.717) is 6.61 Å². The van der Waals surface area contributed by atoms with Crippen molar-refractivity contribution in [1.29, 1.82) is 0 Å². The molecular weight excluding hydrogens is 106 g/mol. The van der Waals surface area contributed by atoms with Crippen LogP contribution in [0.5, 0.6) is 0 Å². The molecule has 0 aliphatic rings. The summed E-state index contributed by atoms with van der Waals surface area (Å²) in [4.78, 5) is 11.8. The molecule has 47 valence electrons. The fraction of sp³-hybridized carbons (Fsp3) is 0.800. The fourth-order valence-corrected chi connectivity index (χ4v) is 0.253. The number of rotatable bonds is 1. The Bertz CT molecular complexity index is 80.5. The molecule has 8 heavy (non-hydrogen) atoms. The third-order valence-corrected chi connectivity index (χ3v) is 0.633. The molecule has 0 aromatic heterocycles. The van der Waals surface area contributed by atoms with Gasteiger partial charge in [-0.15, -0.1) is 0 Å². The highest BCUT2D eigenvalue weighted by Crippen LogP contribution is 1.79. The number of ether oxygens (including phenoxy) is 1. The zero-order valence-corrected chi connectivity index (χ0v) is 5.47. The first-order chi connectivity index (χ1) is 3.68. The molecular formula is C5H11NO2+. The van der Waals surface area contributed by atoms with Crippen LogP contribution >= 0.6 is 0 Å². The minimum atomic E-state index is -0.285. The molecule has 0 aromatic carbocycles. The second kappa shape index (κ2) is 3.43. The van der Waals surface area contributed by atoms with Gasteiger partial charge in [-0.1, -0.05) is 4.90 Å². The monoisotopic (exact) mass is 117 g/mol. The van der Waals surface area contributed by atoms with Gasteiger partial charge in [-0.2, -0.15) is 4.79 Å². The molecule has 0 saturated carbocycles. The zero-order valence-electron chi connectivity index (χ0n) is 5.47. The van der Waals surface area contributed by atoms with Gasteiger partial charge < -0.3 is 4.74 Å². The molecule has 0 aromatic rings. The van der Waals surface area contributed by atoms with Crippen molar-refractivity contribution in [3.8, 4) is 0 Å². The Morgan fingerprint density at radius 2 is 2.12 bits per heavy atom. The van der Waals surface area contributed by atoms with Crippen molar-refractivity contribution < 1.29 is 9.53 Å². The van der Waals surface area contributed by atoms with E-state index in [0.717, 1.165) is 0 Å². The van der Waals surface area contributed by atoms with Crippen molar-refractivity contribution >= 4 is 6.09 Å². The lowest BCUT2D eigenvalue weighted by Gasteiger charge is -1.95. The maximum absolute atomic E-state index is 10.4. The van der Waals surface area contributed by atoms with Crippen molar-refractivity contribution in [2.75, 3.05) is 20.7 Å². The quantitative estimate of drug-likeness (QED) is 0.469. The van der Waals surface area contributed by atoms with Gasteiger partial charge in [0, 0.05) is 0 Å². The average Bonchev–Trinajstić information content (AvgIpc) is 1.67. The van der Waals surface area contributed by atoms with Gasteiger partial charge in [0.25, 0.3) is 0 Å². The Labute approximate surface area is 49.2 Å². The topological polar surface area (TPSA) is 32.2 Å². The predicted octanol–water partition coefficient (Wildman–Crippen LogP) is 0.543. The summed E-state index contributed by atoms with van der Waals surface area (Å²) in [7, 11) is 3.30. The first-order valence-electron chi connectivity index (χ1n) is 2.52. The van der Waals surface area contributed by atoms with Crippen LogP contribution in [0.4, 0.5) is 4.79 Å². The number of carbonyl (C=O) groups excluding carboxylic acids is 1. The Balaban J connectivity index is 3.33. The van der Waals surface area contributed by atoms with Gasteiger partial charge in [0.15, 0.2) is 0 Å². The molecule has 0 heterocycles. The van der Waals surface area contributed by atoms with Gasteiger partial charge in [0.2, 0.25) is 0 Å². The SMILES string of the molecule is CCOC(=O)[N+](C)C. The van der Waals surface area contributed by atoms with Gasteiger partial charge >= 0.3 is 6.09 Å². The molecule has 0 bridgehead atoms. The van der Waals surface area contributed by atoms with Crippen LogP contribution in [0, 0.1) is 0 Å². The smallest absolute Gasteiger partial charge is 0.417 e. The molecule has 0 rings (SSSR count). The second-order valence-corrected chi connectivity index (χ2v) is 1.59. The summed E-state index contributed by atoms with van der Waals surface area (Å²) in [6, 6.07) is 0. The number of amides is 1. The third kappa shape index (κ3) is 2.58. The molecule has 0 unspecified atom stereocenters. The molecule has 3 nitrogen and oxygen atoms in total. The zero-order chi connectivity index (χ0) is 6.57. The summed E-state index contributed by atoms with van der Waals surface area (Å²) in [6.07, 6.45) is -0.285. The Morgan fingerprint density at radius 1 is 1.62 bits per heavy atom. The molecule has 0 saturated heterocycles. The molecule has 1 amide bonds. The van der Waals surface area contributed by atoms with Crippen molar-refractivity contribution in [3.63, 3.8) is 0 Å². The Morgan fingerprint density at radius 3 is 2.25 bits per heavy atom. The van der Waals surface area contributed by atoms with Gasteiger partial charge in [-0.25, -0.2) is 0 Å². The fourth-order valence-electron chi connectivity index (χ4n) is 0.253. The van der Waals surface area contributed by atoms with Crippen molar-refractivity contribution in [2.45, 2.75) is 6.92 Å². The van der Waals surface area contributed by atoms with Gasteiger partial charge in [0.1, 0.15) is 14.1 Å². The molecule has 0 aliphatic carbocycles. The van der Waals surface area contributed by atoms with Crippen molar-refractivity contribution in [2.24, 2.45) is 0 Å². The van der Waals surface area contributed by atoms with Crippen molar-refractivity contribution in [1.82, 2.24) is 4.90 Å². The summed E-state index contributed by atoms with van der Waals surface area (Å²) >= 11 is 0. The number of nitrogens with zero attached hydrogens (tertiary/aromatic N) is 1. The van der Waals surface area contributed by atoms with Crippen LogP contribution < -0.4 is 4.90 Å². The maximum Gasteiger partial charge on any atom is 0.565 e. The second-order valence-electron chi connectivity index (χ2n) is 1.59. The minimum Gasteiger partial charge on any atom is -0.417 e. The summed E-state index contributed by atoms with van der Waals surface area (Å²) in [5.41, 5.74) is 0. The summed E-state index contributed by atoms with van der Waals surface area (Å²) in [5.74, 6) is 0. The number of hydrogen-bond donors (Lipinski definition) is 0. The van der Waals surface area contributed by atoms with Crippen LogP contribution in [0.25, 0.3) is 0 Å². The molecule has 3 heteroatoms. The molecule has 0 atom stereocenters. The first kappa shape index (κ1) is 7.43. The molecule has 0 aliphatic heterocycles. The Hall–Kier alpha value is -0.570. The third-order valence-electron chi connectivity index (χ3n) is 0.633. The summed E-state index contributed by atoms with van der Waals surface area (Å²) in [6.45, 7) is 2.22. The van der Waals surface area contributed by atoms with Crippen LogP contribution in [-0.2, 0) is 4.74 Å². The normalized spacial score (nSPS) is 9.50. The first-order valence-corrected chi connectivity index (χ1v) is 2.52.